The Morgan fingerprint density at radius 2 is 2.16 bits per heavy atom. The van der Waals surface area contributed by atoms with E-state index in [0.29, 0.717) is 24.3 Å². The Kier molecular flexibility index (Phi) is 5.00. The predicted octanol–water partition coefficient (Wildman–Crippen LogP) is 3.81. The molecule has 3 aromatic heterocycles. The number of nitriles is 2. The van der Waals surface area contributed by atoms with E-state index in [4.69, 9.17) is 0 Å². The van der Waals surface area contributed by atoms with E-state index in [0.717, 1.165) is 28.7 Å². The van der Waals surface area contributed by atoms with Crippen LogP contribution >= 0.6 is 0 Å². The molecule has 0 bridgehead atoms. The average molecular weight is 426 g/mol. The molecule has 1 N–H and O–H groups in total. The van der Waals surface area contributed by atoms with Crippen molar-refractivity contribution in [1.29, 1.82) is 10.5 Å². The largest absolute Gasteiger partial charge is 0.368 e. The van der Waals surface area contributed by atoms with Gasteiger partial charge in [-0.05, 0) is 24.6 Å². The van der Waals surface area contributed by atoms with E-state index in [1.807, 2.05) is 28.0 Å². The van der Waals surface area contributed by atoms with Crippen LogP contribution in [0.2, 0.25) is 0 Å². The Hall–Kier alpha value is -4.24. The van der Waals surface area contributed by atoms with E-state index in [9.17, 15) is 14.9 Å². The highest BCUT2D eigenvalue weighted by Crippen LogP contribution is 2.36. The third-order valence-corrected chi connectivity index (χ3v) is 6.06. The van der Waals surface area contributed by atoms with Crippen molar-refractivity contribution in [2.24, 2.45) is 5.92 Å². The second-order valence-corrected chi connectivity index (χ2v) is 7.84. The van der Waals surface area contributed by atoms with Gasteiger partial charge in [0.05, 0.1) is 41.7 Å². The summed E-state index contributed by atoms with van der Waals surface area (Å²) in [7, 11) is 0. The number of para-hydroxylation sites is 1. The first-order chi connectivity index (χ1) is 15.7. The average Bonchev–Trinajstić information content (AvgIpc) is 3.57. The zero-order chi connectivity index (χ0) is 22.1. The zero-order valence-electron chi connectivity index (χ0n) is 17.1. The van der Waals surface area contributed by atoms with Crippen molar-refractivity contribution in [2.45, 2.75) is 18.9 Å². The van der Waals surface area contributed by atoms with Gasteiger partial charge in [-0.3, -0.25) is 4.68 Å². The number of nitrogens with zero attached hydrogens (tertiary/aromatic N) is 7. The molecule has 1 aliphatic heterocycles. The quantitative estimate of drug-likeness (QED) is 0.520. The smallest absolute Gasteiger partial charge is 0.147 e. The molecular formula is C23H19FN8. The number of anilines is 1. The number of hydrogen-bond donors (Lipinski definition) is 1. The lowest BCUT2D eigenvalue weighted by molar-refractivity contribution is 0.332. The van der Waals surface area contributed by atoms with Crippen LogP contribution in [0, 0.1) is 34.4 Å². The summed E-state index contributed by atoms with van der Waals surface area (Å²) in [5.74, 6) is -0.312. The Morgan fingerprint density at radius 1 is 1.25 bits per heavy atom. The van der Waals surface area contributed by atoms with Gasteiger partial charge in [-0.25, -0.2) is 14.4 Å². The van der Waals surface area contributed by atoms with Gasteiger partial charge in [-0.2, -0.15) is 15.6 Å². The van der Waals surface area contributed by atoms with Crippen LogP contribution in [-0.4, -0.2) is 37.8 Å². The van der Waals surface area contributed by atoms with Crippen LogP contribution in [0.25, 0.3) is 22.3 Å². The molecule has 2 atom stereocenters. The number of nitrogens with one attached hydrogen (secondary N) is 1. The van der Waals surface area contributed by atoms with E-state index in [2.05, 4.69) is 32.2 Å². The van der Waals surface area contributed by atoms with E-state index < -0.39 is 5.82 Å². The standard InChI is InChI=1S/C23H19FN8/c24-19-3-1-2-15(10-26)22(19)31-9-6-16(12-31)20(4-7-25)32-13-17(11-30-32)21-18-5-8-27-23(18)29-14-28-21/h1-3,5,8,11,13-14,16,20H,4,6,9,12H2,(H,27,28,29)/t16?,20-/m0/s1. The van der Waals surface area contributed by atoms with Gasteiger partial charge in [-0.1, -0.05) is 6.07 Å². The number of rotatable bonds is 5. The van der Waals surface area contributed by atoms with Crippen LogP contribution in [0.15, 0.2) is 49.2 Å². The lowest BCUT2D eigenvalue weighted by Crippen LogP contribution is -2.26. The minimum absolute atomic E-state index is 0.0891. The van der Waals surface area contributed by atoms with Crippen molar-refractivity contribution < 1.29 is 4.39 Å². The number of halogens is 1. The highest BCUT2D eigenvalue weighted by Gasteiger charge is 2.33. The molecule has 0 spiro atoms. The maximum absolute atomic E-state index is 14.5. The molecular weight excluding hydrogens is 407 g/mol. The molecule has 4 aromatic rings. The third-order valence-electron chi connectivity index (χ3n) is 6.06. The molecule has 0 saturated carbocycles. The van der Waals surface area contributed by atoms with Crippen molar-refractivity contribution in [3.8, 4) is 23.4 Å². The summed E-state index contributed by atoms with van der Waals surface area (Å²) < 4.78 is 16.3. The summed E-state index contributed by atoms with van der Waals surface area (Å²) in [6.45, 7) is 1.17. The molecule has 0 radical (unpaired) electrons. The van der Waals surface area contributed by atoms with Crippen molar-refractivity contribution in [3.05, 3.63) is 60.6 Å². The van der Waals surface area contributed by atoms with Crippen LogP contribution < -0.4 is 4.90 Å². The maximum atomic E-state index is 14.5. The molecule has 1 saturated heterocycles. The van der Waals surface area contributed by atoms with Crippen molar-refractivity contribution in [2.75, 3.05) is 18.0 Å². The molecule has 9 heteroatoms. The molecule has 158 valence electrons. The Labute approximate surface area is 183 Å². The van der Waals surface area contributed by atoms with Crippen molar-refractivity contribution in [3.63, 3.8) is 0 Å². The number of aromatic nitrogens is 5. The molecule has 1 fully saturated rings. The first-order valence-corrected chi connectivity index (χ1v) is 10.3. The number of H-pyrrole nitrogens is 1. The topological polar surface area (TPSA) is 110 Å². The number of fused-ring (bicyclic) bond motifs is 1. The van der Waals surface area contributed by atoms with Gasteiger partial charge in [0.25, 0.3) is 0 Å². The molecule has 1 aromatic carbocycles. The highest BCUT2D eigenvalue weighted by atomic mass is 19.1. The summed E-state index contributed by atoms with van der Waals surface area (Å²) in [5, 5.41) is 24.3. The number of hydrogen-bond acceptors (Lipinski definition) is 6. The Balaban J connectivity index is 1.43. The Morgan fingerprint density at radius 3 is 3.00 bits per heavy atom. The maximum Gasteiger partial charge on any atom is 0.147 e. The van der Waals surface area contributed by atoms with E-state index >= 15 is 0 Å². The lowest BCUT2D eigenvalue weighted by Gasteiger charge is -2.24. The molecule has 1 aliphatic rings. The first-order valence-electron chi connectivity index (χ1n) is 10.3. The van der Waals surface area contributed by atoms with Crippen molar-refractivity contribution >= 4 is 16.7 Å². The first kappa shape index (κ1) is 19.7. The van der Waals surface area contributed by atoms with Gasteiger partial charge in [-0.15, -0.1) is 0 Å². The molecule has 5 rings (SSSR count). The van der Waals surface area contributed by atoms with Gasteiger partial charge in [0, 0.05) is 42.4 Å². The van der Waals surface area contributed by atoms with Crippen molar-refractivity contribution in [1.82, 2.24) is 24.7 Å². The SMILES string of the molecule is N#CC[C@@H](C1CCN(c2c(F)cccc2C#N)C1)n1cc(-c2ncnc3[nH]ccc23)cn1. The fraction of sp³-hybridized carbons (Fsp3) is 0.261. The predicted molar refractivity (Wildman–Crippen MR) is 116 cm³/mol. The molecule has 0 aliphatic carbocycles. The minimum atomic E-state index is -0.401. The summed E-state index contributed by atoms with van der Waals surface area (Å²) in [6.07, 6.45) is 8.03. The fourth-order valence-corrected chi connectivity index (χ4v) is 4.55. The van der Waals surface area contributed by atoms with Crippen LogP contribution in [0.5, 0.6) is 0 Å². The summed E-state index contributed by atoms with van der Waals surface area (Å²) in [6, 6.07) is 10.7. The molecule has 32 heavy (non-hydrogen) atoms. The molecule has 1 unspecified atom stereocenters. The van der Waals surface area contributed by atoms with Crippen LogP contribution in [0.4, 0.5) is 10.1 Å². The third kappa shape index (κ3) is 3.34. The number of aromatic amines is 1. The molecule has 0 amide bonds. The van der Waals surface area contributed by atoms with Gasteiger partial charge >= 0.3 is 0 Å². The second-order valence-electron chi connectivity index (χ2n) is 7.84. The molecule has 8 nitrogen and oxygen atoms in total. The van der Waals surface area contributed by atoms with E-state index in [-0.39, 0.29) is 18.4 Å². The summed E-state index contributed by atoms with van der Waals surface area (Å²) in [4.78, 5) is 13.6. The van der Waals surface area contributed by atoms with E-state index in [1.54, 1.807) is 18.3 Å². The summed E-state index contributed by atoms with van der Waals surface area (Å²) in [5.41, 5.74) is 3.03. The number of benzene rings is 1. The monoisotopic (exact) mass is 426 g/mol. The second kappa shape index (κ2) is 8.12. The van der Waals surface area contributed by atoms with Gasteiger partial charge in [0.1, 0.15) is 23.9 Å². The Bertz CT molecular complexity index is 1360. The zero-order valence-corrected chi connectivity index (χ0v) is 17.1. The summed E-state index contributed by atoms with van der Waals surface area (Å²) >= 11 is 0. The van der Waals surface area contributed by atoms with Crippen LogP contribution in [0.3, 0.4) is 0 Å². The molecule has 4 heterocycles. The van der Waals surface area contributed by atoms with Gasteiger partial charge in [0.15, 0.2) is 0 Å². The minimum Gasteiger partial charge on any atom is -0.368 e. The normalized spacial score (nSPS) is 16.7. The van der Waals surface area contributed by atoms with Crippen LogP contribution in [-0.2, 0) is 0 Å². The lowest BCUT2D eigenvalue weighted by atomic mass is 9.96. The van der Waals surface area contributed by atoms with Crippen LogP contribution in [0.1, 0.15) is 24.4 Å². The highest BCUT2D eigenvalue weighted by molar-refractivity contribution is 5.89. The van der Waals surface area contributed by atoms with Gasteiger partial charge < -0.3 is 9.88 Å². The fourth-order valence-electron chi connectivity index (χ4n) is 4.55. The van der Waals surface area contributed by atoms with Gasteiger partial charge in [0.2, 0.25) is 0 Å². The van der Waals surface area contributed by atoms with E-state index in [1.165, 1.54) is 12.4 Å².